The maximum Gasteiger partial charge on any atom is 0.335 e. The summed E-state index contributed by atoms with van der Waals surface area (Å²) in [5.41, 5.74) is 1.79. The molecule has 1 saturated heterocycles. The number of likely N-dealkylation sites (tertiary alicyclic amines) is 1. The van der Waals surface area contributed by atoms with Gasteiger partial charge in [-0.05, 0) is 48.1 Å². The maximum absolute atomic E-state index is 13.0. The van der Waals surface area contributed by atoms with Crippen LogP contribution in [0, 0.1) is 11.7 Å². The number of carbonyl (C=O) groups is 2. The van der Waals surface area contributed by atoms with Crippen LogP contribution in [0.2, 0.25) is 0 Å². The van der Waals surface area contributed by atoms with Crippen LogP contribution in [0.15, 0.2) is 48.5 Å². The molecule has 0 radical (unpaired) electrons. The van der Waals surface area contributed by atoms with Crippen molar-refractivity contribution in [1.82, 2.24) is 4.90 Å². The van der Waals surface area contributed by atoms with E-state index in [1.807, 2.05) is 0 Å². The number of halogens is 1. The fraction of sp³-hybridized carbons (Fsp3) is 0.300. The van der Waals surface area contributed by atoms with Crippen LogP contribution >= 0.6 is 0 Å². The largest absolute Gasteiger partial charge is 0.478 e. The molecule has 1 fully saturated rings. The Hall–Kier alpha value is -2.69. The SMILES string of the molecule is O=C(O)c1ccccc1CC(=O)N1CCC(Cc2ccc(F)cc2)C1. The first-order chi connectivity index (χ1) is 12.0. The van der Waals surface area contributed by atoms with Crippen molar-refractivity contribution in [1.29, 1.82) is 0 Å². The first-order valence-corrected chi connectivity index (χ1v) is 8.36. The normalized spacial score (nSPS) is 16.8. The van der Waals surface area contributed by atoms with Crippen LogP contribution in [0.1, 0.15) is 27.9 Å². The minimum Gasteiger partial charge on any atom is -0.478 e. The van der Waals surface area contributed by atoms with Gasteiger partial charge in [0.25, 0.3) is 0 Å². The van der Waals surface area contributed by atoms with E-state index in [-0.39, 0.29) is 23.7 Å². The summed E-state index contributed by atoms with van der Waals surface area (Å²) in [5, 5.41) is 9.22. The topological polar surface area (TPSA) is 57.6 Å². The average Bonchev–Trinajstić information content (AvgIpc) is 3.06. The van der Waals surface area contributed by atoms with Crippen molar-refractivity contribution >= 4 is 11.9 Å². The molecule has 25 heavy (non-hydrogen) atoms. The molecule has 130 valence electrons. The monoisotopic (exact) mass is 341 g/mol. The van der Waals surface area contributed by atoms with Crippen LogP contribution in [-0.4, -0.2) is 35.0 Å². The fourth-order valence-corrected chi connectivity index (χ4v) is 3.34. The Labute approximate surface area is 145 Å². The van der Waals surface area contributed by atoms with E-state index in [9.17, 15) is 19.1 Å². The van der Waals surface area contributed by atoms with E-state index < -0.39 is 5.97 Å². The summed E-state index contributed by atoms with van der Waals surface area (Å²) in [6, 6.07) is 13.1. The first kappa shape index (κ1) is 17.1. The summed E-state index contributed by atoms with van der Waals surface area (Å²) in [6.07, 6.45) is 1.82. The van der Waals surface area contributed by atoms with Gasteiger partial charge in [-0.25, -0.2) is 9.18 Å². The van der Waals surface area contributed by atoms with Gasteiger partial charge < -0.3 is 10.0 Å². The van der Waals surface area contributed by atoms with Crippen LogP contribution in [-0.2, 0) is 17.6 Å². The van der Waals surface area contributed by atoms with Crippen molar-refractivity contribution in [2.75, 3.05) is 13.1 Å². The van der Waals surface area contributed by atoms with Gasteiger partial charge in [0.05, 0.1) is 12.0 Å². The summed E-state index contributed by atoms with van der Waals surface area (Å²) in [4.78, 5) is 25.6. The molecule has 0 aromatic heterocycles. The lowest BCUT2D eigenvalue weighted by Crippen LogP contribution is -2.30. The van der Waals surface area contributed by atoms with Crippen LogP contribution in [0.3, 0.4) is 0 Å². The second-order valence-electron chi connectivity index (χ2n) is 6.46. The molecule has 0 aliphatic carbocycles. The minimum atomic E-state index is -1.01. The highest BCUT2D eigenvalue weighted by atomic mass is 19.1. The molecule has 2 aromatic carbocycles. The van der Waals surface area contributed by atoms with Crippen molar-refractivity contribution in [3.63, 3.8) is 0 Å². The van der Waals surface area contributed by atoms with Crippen molar-refractivity contribution in [3.8, 4) is 0 Å². The Bertz CT molecular complexity index is 773. The zero-order valence-electron chi connectivity index (χ0n) is 13.8. The average molecular weight is 341 g/mol. The number of aromatic carboxylic acids is 1. The van der Waals surface area contributed by atoms with Crippen LogP contribution in [0.25, 0.3) is 0 Å². The molecular formula is C20H20FNO3. The number of carbonyl (C=O) groups excluding carboxylic acids is 1. The number of hydrogen-bond acceptors (Lipinski definition) is 2. The molecule has 1 atom stereocenters. The van der Waals surface area contributed by atoms with Gasteiger partial charge in [0.1, 0.15) is 5.82 Å². The number of benzene rings is 2. The van der Waals surface area contributed by atoms with E-state index in [2.05, 4.69) is 0 Å². The summed E-state index contributed by atoms with van der Waals surface area (Å²) in [6.45, 7) is 1.34. The highest BCUT2D eigenvalue weighted by molar-refractivity contribution is 5.91. The van der Waals surface area contributed by atoms with E-state index in [4.69, 9.17) is 0 Å². The zero-order valence-corrected chi connectivity index (χ0v) is 13.8. The quantitative estimate of drug-likeness (QED) is 0.909. The van der Waals surface area contributed by atoms with Crippen molar-refractivity contribution in [3.05, 3.63) is 71.0 Å². The molecular weight excluding hydrogens is 321 g/mol. The summed E-state index contributed by atoms with van der Waals surface area (Å²) in [5.74, 6) is -0.956. The molecule has 1 heterocycles. The predicted octanol–water partition coefficient (Wildman–Crippen LogP) is 3.16. The number of hydrogen-bond donors (Lipinski definition) is 1. The lowest BCUT2D eigenvalue weighted by atomic mass is 9.99. The fourth-order valence-electron chi connectivity index (χ4n) is 3.34. The van der Waals surface area contributed by atoms with Crippen molar-refractivity contribution in [2.24, 2.45) is 5.92 Å². The number of amides is 1. The van der Waals surface area contributed by atoms with Gasteiger partial charge >= 0.3 is 5.97 Å². The molecule has 2 aromatic rings. The molecule has 1 unspecified atom stereocenters. The first-order valence-electron chi connectivity index (χ1n) is 8.36. The summed E-state index contributed by atoms with van der Waals surface area (Å²) < 4.78 is 13.0. The third kappa shape index (κ3) is 4.24. The third-order valence-electron chi connectivity index (χ3n) is 4.67. The van der Waals surface area contributed by atoms with Gasteiger partial charge in [-0.3, -0.25) is 4.79 Å². The number of nitrogens with zero attached hydrogens (tertiary/aromatic N) is 1. The Kier molecular flexibility index (Phi) is 5.12. The maximum atomic E-state index is 13.0. The molecule has 0 bridgehead atoms. The molecule has 0 spiro atoms. The van der Waals surface area contributed by atoms with Gasteiger partial charge in [0.15, 0.2) is 0 Å². The van der Waals surface area contributed by atoms with Gasteiger partial charge in [-0.1, -0.05) is 30.3 Å². The Balaban J connectivity index is 1.59. The standard InChI is InChI=1S/C20H20FNO3/c21-17-7-5-14(6-8-17)11-15-9-10-22(13-15)19(23)12-16-3-1-2-4-18(16)20(24)25/h1-8,15H,9-13H2,(H,24,25). The van der Waals surface area contributed by atoms with Gasteiger partial charge in [0, 0.05) is 13.1 Å². The zero-order chi connectivity index (χ0) is 17.8. The van der Waals surface area contributed by atoms with E-state index in [0.29, 0.717) is 24.6 Å². The predicted molar refractivity (Wildman–Crippen MR) is 91.9 cm³/mol. The molecule has 4 nitrogen and oxygen atoms in total. The van der Waals surface area contributed by atoms with E-state index in [0.717, 1.165) is 18.4 Å². The summed E-state index contributed by atoms with van der Waals surface area (Å²) in [7, 11) is 0. The second kappa shape index (κ2) is 7.47. The lowest BCUT2D eigenvalue weighted by Gasteiger charge is -2.17. The molecule has 5 heteroatoms. The van der Waals surface area contributed by atoms with Gasteiger partial charge in [-0.2, -0.15) is 0 Å². The number of carboxylic acid groups (broad SMARTS) is 1. The second-order valence-corrected chi connectivity index (χ2v) is 6.46. The Morgan fingerprint density at radius 3 is 2.56 bits per heavy atom. The number of carboxylic acids is 1. The third-order valence-corrected chi connectivity index (χ3v) is 4.67. The van der Waals surface area contributed by atoms with Crippen LogP contribution in [0.5, 0.6) is 0 Å². The number of rotatable bonds is 5. The van der Waals surface area contributed by atoms with Crippen LogP contribution < -0.4 is 0 Å². The molecule has 1 aliphatic heterocycles. The van der Waals surface area contributed by atoms with Crippen molar-refractivity contribution in [2.45, 2.75) is 19.3 Å². The highest BCUT2D eigenvalue weighted by Gasteiger charge is 2.27. The van der Waals surface area contributed by atoms with E-state index >= 15 is 0 Å². The van der Waals surface area contributed by atoms with Gasteiger partial charge in [-0.15, -0.1) is 0 Å². The lowest BCUT2D eigenvalue weighted by molar-refractivity contribution is -0.129. The van der Waals surface area contributed by atoms with E-state index in [1.54, 1.807) is 35.2 Å². The molecule has 1 aliphatic rings. The van der Waals surface area contributed by atoms with Crippen LogP contribution in [0.4, 0.5) is 4.39 Å². The molecule has 1 amide bonds. The highest BCUT2D eigenvalue weighted by Crippen LogP contribution is 2.22. The molecule has 3 rings (SSSR count). The Morgan fingerprint density at radius 2 is 1.84 bits per heavy atom. The van der Waals surface area contributed by atoms with Gasteiger partial charge in [0.2, 0.25) is 5.91 Å². The van der Waals surface area contributed by atoms with Crippen molar-refractivity contribution < 1.29 is 19.1 Å². The molecule has 0 saturated carbocycles. The minimum absolute atomic E-state index is 0.0460. The summed E-state index contributed by atoms with van der Waals surface area (Å²) >= 11 is 0. The molecule has 1 N–H and O–H groups in total. The van der Waals surface area contributed by atoms with E-state index in [1.165, 1.54) is 18.2 Å². The Morgan fingerprint density at radius 1 is 1.12 bits per heavy atom. The smallest absolute Gasteiger partial charge is 0.335 e.